The number of carbonyl (C=O) groups excluding carboxylic acids is 2. The normalized spacial score (nSPS) is 18.1. The Morgan fingerprint density at radius 1 is 1.30 bits per heavy atom. The van der Waals surface area contributed by atoms with Crippen LogP contribution in [-0.4, -0.2) is 23.9 Å². The highest BCUT2D eigenvalue weighted by Crippen LogP contribution is 2.30. The number of piperazine rings is 1. The maximum Gasteiger partial charge on any atom is 0.253 e. The monoisotopic (exact) mass is 294 g/mol. The van der Waals surface area contributed by atoms with Crippen molar-refractivity contribution in [2.24, 2.45) is 0 Å². The van der Waals surface area contributed by atoms with Crippen LogP contribution < -0.4 is 10.2 Å². The number of hydrogen-bond acceptors (Lipinski definition) is 2. The highest BCUT2D eigenvalue weighted by atomic mass is 35.5. The second kappa shape index (κ2) is 5.44. The molecule has 2 amide bonds. The van der Waals surface area contributed by atoms with Crippen molar-refractivity contribution in [1.82, 2.24) is 5.32 Å². The van der Waals surface area contributed by atoms with Gasteiger partial charge >= 0.3 is 0 Å². The summed E-state index contributed by atoms with van der Waals surface area (Å²) in [6.07, 6.45) is 1.15. The summed E-state index contributed by atoms with van der Waals surface area (Å²) in [6, 6.07) is 5.38. The van der Waals surface area contributed by atoms with Gasteiger partial charge in [0, 0.05) is 10.7 Å². The zero-order chi connectivity index (χ0) is 14.9. The third kappa shape index (κ3) is 2.40. The molecule has 4 nitrogen and oxygen atoms in total. The number of rotatable bonds is 3. The van der Waals surface area contributed by atoms with Crippen LogP contribution in [0.2, 0.25) is 5.02 Å². The van der Waals surface area contributed by atoms with Crippen molar-refractivity contribution < 1.29 is 9.59 Å². The average molecular weight is 295 g/mol. The van der Waals surface area contributed by atoms with E-state index in [0.717, 1.165) is 5.56 Å². The molecule has 1 N–H and O–H groups in total. The fourth-order valence-electron chi connectivity index (χ4n) is 2.63. The van der Waals surface area contributed by atoms with Gasteiger partial charge in [0.15, 0.2) is 0 Å². The second-order valence-corrected chi connectivity index (χ2v) is 5.60. The number of amides is 2. The number of nitrogens with zero attached hydrogens (tertiary/aromatic N) is 1. The van der Waals surface area contributed by atoms with Crippen LogP contribution >= 0.6 is 11.6 Å². The van der Waals surface area contributed by atoms with E-state index in [2.05, 4.69) is 5.32 Å². The summed E-state index contributed by atoms with van der Waals surface area (Å²) in [5, 5.41) is 3.41. The lowest BCUT2D eigenvalue weighted by atomic mass is 9.88. The number of anilines is 1. The van der Waals surface area contributed by atoms with Crippen molar-refractivity contribution in [3.8, 4) is 0 Å². The smallest absolute Gasteiger partial charge is 0.253 e. The van der Waals surface area contributed by atoms with E-state index in [1.165, 1.54) is 0 Å². The van der Waals surface area contributed by atoms with Crippen molar-refractivity contribution in [3.63, 3.8) is 0 Å². The molecule has 0 radical (unpaired) electrons. The highest BCUT2D eigenvalue weighted by molar-refractivity contribution is 6.31. The van der Waals surface area contributed by atoms with Gasteiger partial charge in [0.1, 0.15) is 12.1 Å². The van der Waals surface area contributed by atoms with Crippen LogP contribution in [-0.2, 0) is 9.59 Å². The molecule has 1 aliphatic rings. The van der Waals surface area contributed by atoms with Gasteiger partial charge < -0.3 is 10.2 Å². The van der Waals surface area contributed by atoms with Crippen molar-refractivity contribution in [2.45, 2.75) is 39.2 Å². The second-order valence-electron chi connectivity index (χ2n) is 5.16. The zero-order valence-corrected chi connectivity index (χ0v) is 12.8. The first kappa shape index (κ1) is 14.9. The van der Waals surface area contributed by atoms with E-state index < -0.39 is 5.54 Å². The summed E-state index contributed by atoms with van der Waals surface area (Å²) < 4.78 is 0. The first-order valence-corrected chi connectivity index (χ1v) is 7.20. The van der Waals surface area contributed by atoms with Gasteiger partial charge in [-0.2, -0.15) is 0 Å². The lowest BCUT2D eigenvalue weighted by molar-refractivity contribution is -0.136. The Balaban J connectivity index is 2.47. The Labute approximate surface area is 124 Å². The molecule has 1 aromatic rings. The van der Waals surface area contributed by atoms with E-state index in [1.807, 2.05) is 26.8 Å². The summed E-state index contributed by atoms with van der Waals surface area (Å²) in [5.41, 5.74) is 0.839. The fourth-order valence-corrected chi connectivity index (χ4v) is 2.80. The Hall–Kier alpha value is -1.55. The molecular weight excluding hydrogens is 276 g/mol. The average Bonchev–Trinajstić information content (AvgIpc) is 2.44. The minimum absolute atomic E-state index is 0.0434. The molecule has 0 aromatic heterocycles. The Kier molecular flexibility index (Phi) is 4.04. The molecule has 1 aromatic carbocycles. The van der Waals surface area contributed by atoms with Gasteiger partial charge in [-0.25, -0.2) is 0 Å². The number of benzene rings is 1. The maximum atomic E-state index is 12.8. The predicted octanol–water partition coefficient (Wildman–Crippen LogP) is 2.67. The van der Waals surface area contributed by atoms with Crippen molar-refractivity contribution >= 4 is 29.1 Å². The summed E-state index contributed by atoms with van der Waals surface area (Å²) >= 11 is 6.02. The molecule has 1 aliphatic heterocycles. The van der Waals surface area contributed by atoms with Gasteiger partial charge in [-0.15, -0.1) is 0 Å². The largest absolute Gasteiger partial charge is 0.340 e. The topological polar surface area (TPSA) is 49.4 Å². The van der Waals surface area contributed by atoms with Crippen LogP contribution in [0, 0.1) is 6.92 Å². The Morgan fingerprint density at radius 3 is 2.55 bits per heavy atom. The molecule has 0 spiro atoms. The Bertz CT molecular complexity index is 553. The van der Waals surface area contributed by atoms with Gasteiger partial charge in [-0.05, 0) is 37.5 Å². The third-order valence-corrected chi connectivity index (χ3v) is 4.24. The Morgan fingerprint density at radius 2 is 1.95 bits per heavy atom. The van der Waals surface area contributed by atoms with E-state index in [-0.39, 0.29) is 18.4 Å². The molecule has 1 heterocycles. The van der Waals surface area contributed by atoms with Gasteiger partial charge in [0.25, 0.3) is 5.91 Å². The number of hydrogen-bond donors (Lipinski definition) is 1. The molecule has 0 atom stereocenters. The molecule has 0 aliphatic carbocycles. The summed E-state index contributed by atoms with van der Waals surface area (Å²) in [6.45, 7) is 5.78. The molecule has 108 valence electrons. The van der Waals surface area contributed by atoms with Crippen LogP contribution in [0.15, 0.2) is 18.2 Å². The minimum atomic E-state index is -0.801. The highest BCUT2D eigenvalue weighted by Gasteiger charge is 2.44. The quantitative estimate of drug-likeness (QED) is 0.932. The summed E-state index contributed by atoms with van der Waals surface area (Å²) in [5.74, 6) is -0.194. The first-order valence-electron chi connectivity index (χ1n) is 6.82. The van der Waals surface area contributed by atoms with Gasteiger partial charge in [-0.3, -0.25) is 9.59 Å². The van der Waals surface area contributed by atoms with Gasteiger partial charge in [0.2, 0.25) is 5.91 Å². The number of aryl methyl sites for hydroxylation is 1. The van der Waals surface area contributed by atoms with E-state index in [1.54, 1.807) is 17.0 Å². The van der Waals surface area contributed by atoms with Crippen LogP contribution in [0.25, 0.3) is 0 Å². The third-order valence-electron chi connectivity index (χ3n) is 4.00. The molecule has 1 saturated heterocycles. The molecular formula is C15H19ClN2O2. The van der Waals surface area contributed by atoms with Gasteiger partial charge in [-0.1, -0.05) is 31.5 Å². The van der Waals surface area contributed by atoms with E-state index >= 15 is 0 Å². The molecule has 0 unspecified atom stereocenters. The van der Waals surface area contributed by atoms with Crippen molar-refractivity contribution in [3.05, 3.63) is 28.8 Å². The van der Waals surface area contributed by atoms with Crippen molar-refractivity contribution in [1.29, 1.82) is 0 Å². The number of carbonyl (C=O) groups is 2. The van der Waals surface area contributed by atoms with Crippen LogP contribution in [0.5, 0.6) is 0 Å². The molecule has 1 fully saturated rings. The number of nitrogens with one attached hydrogen (secondary N) is 1. The first-order chi connectivity index (χ1) is 9.43. The SMILES string of the molecule is CCC1(CC)NC(=O)CN(c2cc(Cl)ccc2C)C1=O. The number of halogens is 1. The van der Waals surface area contributed by atoms with E-state index in [0.29, 0.717) is 23.6 Å². The minimum Gasteiger partial charge on any atom is -0.340 e. The molecule has 2 rings (SSSR count). The summed E-state index contributed by atoms with van der Waals surface area (Å²) in [7, 11) is 0. The fraction of sp³-hybridized carbons (Fsp3) is 0.467. The summed E-state index contributed by atoms with van der Waals surface area (Å²) in [4.78, 5) is 26.3. The van der Waals surface area contributed by atoms with Crippen LogP contribution in [0.3, 0.4) is 0 Å². The zero-order valence-electron chi connectivity index (χ0n) is 12.0. The van der Waals surface area contributed by atoms with Crippen LogP contribution in [0.4, 0.5) is 5.69 Å². The van der Waals surface area contributed by atoms with Gasteiger partial charge in [0.05, 0.1) is 0 Å². The predicted molar refractivity (Wildman–Crippen MR) is 80.0 cm³/mol. The lowest BCUT2D eigenvalue weighted by Gasteiger charge is -2.41. The molecule has 0 saturated carbocycles. The molecule has 5 heteroatoms. The molecule has 0 bridgehead atoms. The molecule has 20 heavy (non-hydrogen) atoms. The standard InChI is InChI=1S/C15H19ClN2O2/c1-4-15(5-2)14(20)18(9-13(19)17-15)12-8-11(16)7-6-10(12)3/h6-8H,4-5,9H2,1-3H3,(H,17,19). The van der Waals surface area contributed by atoms with E-state index in [4.69, 9.17) is 11.6 Å². The lowest BCUT2D eigenvalue weighted by Crippen LogP contribution is -2.66. The van der Waals surface area contributed by atoms with Crippen molar-refractivity contribution in [2.75, 3.05) is 11.4 Å². The maximum absolute atomic E-state index is 12.8. The van der Waals surface area contributed by atoms with Crippen LogP contribution in [0.1, 0.15) is 32.3 Å². The van der Waals surface area contributed by atoms with E-state index in [9.17, 15) is 9.59 Å².